The van der Waals surface area contributed by atoms with Gasteiger partial charge in [-0.1, -0.05) is 74.5 Å². The number of amides is 1. The summed E-state index contributed by atoms with van der Waals surface area (Å²) >= 11 is 1.66. The van der Waals surface area contributed by atoms with Gasteiger partial charge >= 0.3 is 0 Å². The van der Waals surface area contributed by atoms with Crippen LogP contribution in [0, 0.1) is 6.92 Å². The molecule has 0 aromatic heterocycles. The maximum absolute atomic E-state index is 12.5. The Hall–Kier alpha value is -2.26. The van der Waals surface area contributed by atoms with E-state index in [2.05, 4.69) is 73.8 Å². The van der Waals surface area contributed by atoms with Crippen molar-refractivity contribution in [2.24, 2.45) is 0 Å². The van der Waals surface area contributed by atoms with Gasteiger partial charge in [0.1, 0.15) is 0 Å². The van der Waals surface area contributed by atoms with Gasteiger partial charge in [0.05, 0.1) is 5.75 Å². The molecule has 0 saturated heterocycles. The Labute approximate surface area is 160 Å². The summed E-state index contributed by atoms with van der Waals surface area (Å²) in [5.74, 6) is 1.73. The minimum Gasteiger partial charge on any atom is -0.325 e. The van der Waals surface area contributed by atoms with Gasteiger partial charge in [-0.15, -0.1) is 11.8 Å². The van der Waals surface area contributed by atoms with Crippen LogP contribution in [0.5, 0.6) is 0 Å². The third kappa shape index (κ3) is 4.28. The van der Waals surface area contributed by atoms with E-state index in [1.54, 1.807) is 11.8 Å². The van der Waals surface area contributed by atoms with Gasteiger partial charge in [0.2, 0.25) is 5.91 Å². The molecule has 3 aromatic rings. The van der Waals surface area contributed by atoms with E-state index in [0.29, 0.717) is 11.7 Å². The predicted octanol–water partition coefficient (Wildman–Crippen LogP) is 6.14. The Morgan fingerprint density at radius 1 is 1.00 bits per heavy atom. The standard InChI is InChI=1S/C23H25NOS/c1-16(2)20-13-6-8-17(3)23(20)24-22(25)15-26-14-19-11-7-10-18-9-4-5-12-21(18)19/h4-13,16H,14-15H2,1-3H3,(H,24,25). The summed E-state index contributed by atoms with van der Waals surface area (Å²) in [5.41, 5.74) is 4.55. The number of hydrogen-bond donors (Lipinski definition) is 1. The molecule has 0 atom stereocenters. The summed E-state index contributed by atoms with van der Waals surface area (Å²) < 4.78 is 0. The number of rotatable bonds is 6. The number of carbonyl (C=O) groups excluding carboxylic acids is 1. The van der Waals surface area contributed by atoms with Crippen molar-refractivity contribution in [3.8, 4) is 0 Å². The number of benzene rings is 3. The number of anilines is 1. The molecule has 3 aromatic carbocycles. The van der Waals surface area contributed by atoms with Crippen molar-refractivity contribution in [1.82, 2.24) is 0 Å². The molecule has 3 rings (SSSR count). The average molecular weight is 364 g/mol. The smallest absolute Gasteiger partial charge is 0.234 e. The number of aryl methyl sites for hydroxylation is 1. The van der Waals surface area contributed by atoms with Crippen LogP contribution in [-0.2, 0) is 10.5 Å². The molecule has 3 heteroatoms. The van der Waals surface area contributed by atoms with Crippen LogP contribution >= 0.6 is 11.8 Å². The van der Waals surface area contributed by atoms with Crippen LogP contribution in [0.25, 0.3) is 10.8 Å². The molecule has 0 aliphatic rings. The molecule has 26 heavy (non-hydrogen) atoms. The lowest BCUT2D eigenvalue weighted by molar-refractivity contribution is -0.113. The first-order valence-corrected chi connectivity index (χ1v) is 10.2. The van der Waals surface area contributed by atoms with Crippen molar-refractivity contribution in [2.45, 2.75) is 32.4 Å². The lowest BCUT2D eigenvalue weighted by Gasteiger charge is -2.16. The van der Waals surface area contributed by atoms with E-state index in [4.69, 9.17) is 0 Å². The van der Waals surface area contributed by atoms with Crippen molar-refractivity contribution < 1.29 is 4.79 Å². The molecule has 0 unspecified atom stereocenters. The minimum absolute atomic E-state index is 0.0615. The molecule has 0 aliphatic carbocycles. The molecule has 2 nitrogen and oxygen atoms in total. The Balaban J connectivity index is 1.63. The number of para-hydroxylation sites is 1. The van der Waals surface area contributed by atoms with Crippen LogP contribution in [0.3, 0.4) is 0 Å². The molecule has 0 radical (unpaired) electrons. The van der Waals surface area contributed by atoms with Crippen molar-refractivity contribution in [3.63, 3.8) is 0 Å². The number of carbonyl (C=O) groups is 1. The van der Waals surface area contributed by atoms with Crippen LogP contribution in [-0.4, -0.2) is 11.7 Å². The summed E-state index contributed by atoms with van der Waals surface area (Å²) in [6.07, 6.45) is 0. The van der Waals surface area contributed by atoms with Gasteiger partial charge in [-0.05, 0) is 40.3 Å². The molecule has 1 amide bonds. The van der Waals surface area contributed by atoms with E-state index in [-0.39, 0.29) is 5.91 Å². The molecule has 0 bridgehead atoms. The van der Waals surface area contributed by atoms with E-state index < -0.39 is 0 Å². The van der Waals surface area contributed by atoms with Gasteiger partial charge in [-0.2, -0.15) is 0 Å². The van der Waals surface area contributed by atoms with Crippen molar-refractivity contribution in [2.75, 3.05) is 11.1 Å². The molecule has 0 aliphatic heterocycles. The van der Waals surface area contributed by atoms with Crippen molar-refractivity contribution >= 4 is 34.1 Å². The maximum Gasteiger partial charge on any atom is 0.234 e. The number of nitrogens with one attached hydrogen (secondary N) is 1. The van der Waals surface area contributed by atoms with Gasteiger partial charge < -0.3 is 5.32 Å². The summed E-state index contributed by atoms with van der Waals surface area (Å²) in [7, 11) is 0. The Morgan fingerprint density at radius 3 is 2.54 bits per heavy atom. The maximum atomic E-state index is 12.5. The lowest BCUT2D eigenvalue weighted by Crippen LogP contribution is -2.16. The third-order valence-electron chi connectivity index (χ3n) is 4.56. The van der Waals surface area contributed by atoms with E-state index in [1.807, 2.05) is 13.0 Å². The van der Waals surface area contributed by atoms with Gasteiger partial charge in [-0.3, -0.25) is 4.79 Å². The SMILES string of the molecule is Cc1cccc(C(C)C)c1NC(=O)CSCc1cccc2ccccc12. The van der Waals surface area contributed by atoms with Gasteiger partial charge in [-0.25, -0.2) is 0 Å². The van der Waals surface area contributed by atoms with Gasteiger partial charge in [0.15, 0.2) is 0 Å². The van der Waals surface area contributed by atoms with Crippen LogP contribution in [0.4, 0.5) is 5.69 Å². The quantitative estimate of drug-likeness (QED) is 0.569. The summed E-state index contributed by atoms with van der Waals surface area (Å²) in [6, 6.07) is 20.9. The number of thioether (sulfide) groups is 1. The van der Waals surface area contributed by atoms with Crippen molar-refractivity contribution in [1.29, 1.82) is 0 Å². The zero-order chi connectivity index (χ0) is 18.5. The number of fused-ring (bicyclic) bond motifs is 1. The van der Waals surface area contributed by atoms with E-state index in [9.17, 15) is 4.79 Å². The zero-order valence-electron chi connectivity index (χ0n) is 15.6. The summed E-state index contributed by atoms with van der Waals surface area (Å²) in [6.45, 7) is 6.35. The monoisotopic (exact) mass is 363 g/mol. The highest BCUT2D eigenvalue weighted by atomic mass is 32.2. The Kier molecular flexibility index (Phi) is 6.00. The molecular formula is C23H25NOS. The molecule has 0 heterocycles. The molecule has 0 fully saturated rings. The van der Waals surface area contributed by atoms with Crippen LogP contribution in [0.15, 0.2) is 60.7 Å². The second kappa shape index (κ2) is 8.41. The first-order valence-electron chi connectivity index (χ1n) is 9.00. The number of hydrogen-bond acceptors (Lipinski definition) is 2. The second-order valence-electron chi connectivity index (χ2n) is 6.87. The van der Waals surface area contributed by atoms with E-state index in [0.717, 1.165) is 17.0 Å². The second-order valence-corrected chi connectivity index (χ2v) is 7.86. The van der Waals surface area contributed by atoms with Crippen LogP contribution < -0.4 is 5.32 Å². The molecule has 134 valence electrons. The van der Waals surface area contributed by atoms with Crippen molar-refractivity contribution in [3.05, 3.63) is 77.4 Å². The first-order chi connectivity index (χ1) is 12.6. The average Bonchev–Trinajstić information content (AvgIpc) is 2.63. The highest BCUT2D eigenvalue weighted by Crippen LogP contribution is 2.28. The largest absolute Gasteiger partial charge is 0.325 e. The third-order valence-corrected chi connectivity index (χ3v) is 5.54. The Bertz CT molecular complexity index is 912. The highest BCUT2D eigenvalue weighted by molar-refractivity contribution is 7.99. The predicted molar refractivity (Wildman–Crippen MR) is 114 cm³/mol. The fraction of sp³-hybridized carbons (Fsp3) is 0.261. The van der Waals surface area contributed by atoms with E-state index in [1.165, 1.54) is 21.9 Å². The molecule has 0 saturated carbocycles. The molecular weight excluding hydrogens is 338 g/mol. The minimum atomic E-state index is 0.0615. The van der Waals surface area contributed by atoms with Crippen LogP contribution in [0.2, 0.25) is 0 Å². The first kappa shape index (κ1) is 18.5. The lowest BCUT2D eigenvalue weighted by atomic mass is 9.98. The molecule has 0 spiro atoms. The van der Waals surface area contributed by atoms with Gasteiger partial charge in [0.25, 0.3) is 0 Å². The highest BCUT2D eigenvalue weighted by Gasteiger charge is 2.12. The summed E-state index contributed by atoms with van der Waals surface area (Å²) in [5, 5.41) is 5.64. The fourth-order valence-electron chi connectivity index (χ4n) is 3.19. The Morgan fingerprint density at radius 2 is 1.73 bits per heavy atom. The van der Waals surface area contributed by atoms with Gasteiger partial charge in [0, 0.05) is 11.4 Å². The normalized spacial score (nSPS) is 11.1. The summed E-state index contributed by atoms with van der Waals surface area (Å²) in [4.78, 5) is 12.5. The topological polar surface area (TPSA) is 29.1 Å². The molecule has 1 N–H and O–H groups in total. The zero-order valence-corrected chi connectivity index (χ0v) is 16.4. The fourth-order valence-corrected chi connectivity index (χ4v) is 4.02. The van der Waals surface area contributed by atoms with Crippen LogP contribution in [0.1, 0.15) is 36.5 Å². The van der Waals surface area contributed by atoms with E-state index >= 15 is 0 Å².